The van der Waals surface area contributed by atoms with Gasteiger partial charge in [0.2, 0.25) is 5.89 Å². The predicted molar refractivity (Wildman–Crippen MR) is 72.8 cm³/mol. The number of aromatic nitrogens is 4. The Bertz CT molecular complexity index is 749. The van der Waals surface area contributed by atoms with E-state index in [1.165, 1.54) is 18.8 Å². The van der Waals surface area contributed by atoms with E-state index in [-0.39, 0.29) is 0 Å². The fourth-order valence-corrected chi connectivity index (χ4v) is 1.88. The number of hydrogen-bond donors (Lipinski definition) is 0. The smallest absolute Gasteiger partial charge is 0.357 e. The Hall–Kier alpha value is -2.96. The molecule has 0 aliphatic rings. The van der Waals surface area contributed by atoms with Gasteiger partial charge in [-0.25, -0.2) is 19.7 Å². The van der Waals surface area contributed by atoms with Crippen molar-refractivity contribution in [3.05, 3.63) is 49.0 Å². The van der Waals surface area contributed by atoms with E-state index in [9.17, 15) is 4.79 Å². The molecule has 0 bridgehead atoms. The second-order valence-corrected chi connectivity index (χ2v) is 4.11. The molecule has 0 unspecified atom stereocenters. The first-order valence-corrected chi connectivity index (χ1v) is 6.35. The Balaban J connectivity index is 2.00. The lowest BCUT2D eigenvalue weighted by molar-refractivity contribution is 0.0517. The van der Waals surface area contributed by atoms with Gasteiger partial charge in [0.05, 0.1) is 19.0 Å². The van der Waals surface area contributed by atoms with Crippen LogP contribution in [0.4, 0.5) is 0 Å². The minimum absolute atomic E-state index is 0.299. The molecule has 0 saturated heterocycles. The van der Waals surface area contributed by atoms with Crippen molar-refractivity contribution in [2.24, 2.45) is 0 Å². The van der Waals surface area contributed by atoms with Crippen molar-refractivity contribution in [3.8, 4) is 17.3 Å². The summed E-state index contributed by atoms with van der Waals surface area (Å²) in [5.74, 6) is 0.570. The third-order valence-electron chi connectivity index (χ3n) is 2.79. The van der Waals surface area contributed by atoms with Crippen molar-refractivity contribution in [2.75, 3.05) is 6.61 Å². The molecule has 0 amide bonds. The van der Waals surface area contributed by atoms with Crippen LogP contribution in [0.1, 0.15) is 17.4 Å². The molecule has 0 N–H and O–H groups in total. The van der Waals surface area contributed by atoms with Crippen molar-refractivity contribution < 1.29 is 13.9 Å². The molecular weight excluding hydrogens is 272 g/mol. The molecule has 3 aromatic heterocycles. The molecule has 0 fully saturated rings. The van der Waals surface area contributed by atoms with Gasteiger partial charge in [0.15, 0.2) is 5.69 Å². The van der Waals surface area contributed by atoms with Crippen LogP contribution in [0.15, 0.2) is 47.7 Å². The molecule has 0 aliphatic heterocycles. The first-order valence-electron chi connectivity index (χ1n) is 6.35. The average molecular weight is 284 g/mol. The molecule has 21 heavy (non-hydrogen) atoms. The van der Waals surface area contributed by atoms with E-state index < -0.39 is 5.97 Å². The highest BCUT2D eigenvalue weighted by molar-refractivity contribution is 5.88. The summed E-state index contributed by atoms with van der Waals surface area (Å²) in [6, 6.07) is 3.53. The Morgan fingerprint density at radius 1 is 1.38 bits per heavy atom. The SMILES string of the molecule is CCOC(=O)c1cncn1-c1cc(-c2ncco2)ccn1. The largest absolute Gasteiger partial charge is 0.461 e. The van der Waals surface area contributed by atoms with Crippen LogP contribution < -0.4 is 0 Å². The zero-order chi connectivity index (χ0) is 14.7. The second kappa shape index (κ2) is 5.58. The van der Waals surface area contributed by atoms with Crippen LogP contribution >= 0.6 is 0 Å². The summed E-state index contributed by atoms with van der Waals surface area (Å²) in [4.78, 5) is 24.2. The van der Waals surface area contributed by atoms with Crippen molar-refractivity contribution in [3.63, 3.8) is 0 Å². The maximum atomic E-state index is 11.9. The number of oxazole rings is 1. The summed E-state index contributed by atoms with van der Waals surface area (Å²) in [5, 5.41) is 0. The lowest BCUT2D eigenvalue weighted by atomic mass is 10.2. The van der Waals surface area contributed by atoms with Crippen LogP contribution in [0.5, 0.6) is 0 Å². The predicted octanol–water partition coefficient (Wildman–Crippen LogP) is 2.10. The molecule has 7 nitrogen and oxygen atoms in total. The number of rotatable bonds is 4. The maximum Gasteiger partial charge on any atom is 0.357 e. The molecule has 7 heteroatoms. The van der Waals surface area contributed by atoms with Gasteiger partial charge in [-0.1, -0.05) is 0 Å². The minimum atomic E-state index is -0.446. The molecule has 0 saturated carbocycles. The molecule has 3 rings (SSSR count). The maximum absolute atomic E-state index is 11.9. The quantitative estimate of drug-likeness (QED) is 0.682. The molecule has 3 heterocycles. The van der Waals surface area contributed by atoms with Gasteiger partial charge in [-0.2, -0.15) is 0 Å². The van der Waals surface area contributed by atoms with Crippen LogP contribution in [0, 0.1) is 0 Å². The van der Waals surface area contributed by atoms with Gasteiger partial charge in [-0.05, 0) is 19.1 Å². The summed E-state index contributed by atoms with van der Waals surface area (Å²) >= 11 is 0. The number of carbonyl (C=O) groups is 1. The number of ether oxygens (including phenoxy) is 1. The van der Waals surface area contributed by atoms with Crippen molar-refractivity contribution >= 4 is 5.97 Å². The Labute approximate surface area is 120 Å². The fourth-order valence-electron chi connectivity index (χ4n) is 1.88. The molecule has 3 aromatic rings. The molecular formula is C14H12N4O3. The number of imidazole rings is 1. The number of esters is 1. The van der Waals surface area contributed by atoms with Gasteiger partial charge in [-0.3, -0.25) is 4.57 Å². The number of hydrogen-bond acceptors (Lipinski definition) is 6. The van der Waals surface area contributed by atoms with Gasteiger partial charge in [0.25, 0.3) is 0 Å². The zero-order valence-electron chi connectivity index (χ0n) is 11.3. The van der Waals surface area contributed by atoms with Crippen LogP contribution in [-0.4, -0.2) is 32.1 Å². The molecule has 0 spiro atoms. The van der Waals surface area contributed by atoms with E-state index in [2.05, 4.69) is 15.0 Å². The minimum Gasteiger partial charge on any atom is -0.461 e. The van der Waals surface area contributed by atoms with Crippen molar-refractivity contribution in [2.45, 2.75) is 6.92 Å². The van der Waals surface area contributed by atoms with Gasteiger partial charge < -0.3 is 9.15 Å². The first kappa shape index (κ1) is 13.0. The third-order valence-corrected chi connectivity index (χ3v) is 2.79. The highest BCUT2D eigenvalue weighted by Crippen LogP contribution is 2.19. The molecule has 106 valence electrons. The van der Waals surface area contributed by atoms with E-state index in [1.54, 1.807) is 36.0 Å². The second-order valence-electron chi connectivity index (χ2n) is 4.11. The van der Waals surface area contributed by atoms with Crippen molar-refractivity contribution in [1.82, 2.24) is 19.5 Å². The summed E-state index contributed by atoms with van der Waals surface area (Å²) < 4.78 is 11.8. The fraction of sp³-hybridized carbons (Fsp3) is 0.143. The standard InChI is InChI=1S/C14H12N4O3/c1-2-20-14(19)11-8-15-9-18(11)12-7-10(3-4-16-12)13-17-5-6-21-13/h3-9H,2H2,1H3. The average Bonchev–Trinajstić information content (AvgIpc) is 3.19. The molecule has 0 atom stereocenters. The Kier molecular flexibility index (Phi) is 3.46. The summed E-state index contributed by atoms with van der Waals surface area (Å²) in [5.41, 5.74) is 1.07. The highest BCUT2D eigenvalue weighted by Gasteiger charge is 2.15. The van der Waals surface area contributed by atoms with Crippen molar-refractivity contribution in [1.29, 1.82) is 0 Å². The summed E-state index contributed by atoms with van der Waals surface area (Å²) in [7, 11) is 0. The van der Waals surface area contributed by atoms with Gasteiger partial charge in [0.1, 0.15) is 18.4 Å². The molecule has 0 aromatic carbocycles. The van der Waals surface area contributed by atoms with E-state index in [0.29, 0.717) is 24.0 Å². The van der Waals surface area contributed by atoms with E-state index in [0.717, 1.165) is 5.56 Å². The monoisotopic (exact) mass is 284 g/mol. The van der Waals surface area contributed by atoms with Crippen LogP contribution in [0.2, 0.25) is 0 Å². The molecule has 0 aliphatic carbocycles. The van der Waals surface area contributed by atoms with Crippen LogP contribution in [0.3, 0.4) is 0 Å². The molecule has 0 radical (unpaired) electrons. The number of nitrogens with zero attached hydrogens (tertiary/aromatic N) is 4. The topological polar surface area (TPSA) is 83.0 Å². The third kappa shape index (κ3) is 2.53. The van der Waals surface area contributed by atoms with Gasteiger partial charge in [-0.15, -0.1) is 0 Å². The highest BCUT2D eigenvalue weighted by atomic mass is 16.5. The van der Waals surface area contributed by atoms with E-state index in [1.807, 2.05) is 0 Å². The van der Waals surface area contributed by atoms with Gasteiger partial charge in [0, 0.05) is 11.8 Å². The van der Waals surface area contributed by atoms with Crippen LogP contribution in [-0.2, 0) is 4.74 Å². The summed E-state index contributed by atoms with van der Waals surface area (Å²) in [6.45, 7) is 2.05. The number of pyridine rings is 1. The first-order chi connectivity index (χ1) is 10.3. The van der Waals surface area contributed by atoms with Gasteiger partial charge >= 0.3 is 5.97 Å². The van der Waals surface area contributed by atoms with E-state index in [4.69, 9.17) is 9.15 Å². The number of carbonyl (C=O) groups excluding carboxylic acids is 1. The lowest BCUT2D eigenvalue weighted by Crippen LogP contribution is -2.11. The lowest BCUT2D eigenvalue weighted by Gasteiger charge is -2.07. The van der Waals surface area contributed by atoms with Crippen LogP contribution in [0.25, 0.3) is 17.3 Å². The zero-order valence-corrected chi connectivity index (χ0v) is 11.3. The summed E-state index contributed by atoms with van der Waals surface area (Å²) in [6.07, 6.45) is 7.63. The Morgan fingerprint density at radius 2 is 2.29 bits per heavy atom. The Morgan fingerprint density at radius 3 is 3.05 bits per heavy atom. The normalized spacial score (nSPS) is 10.5. The van der Waals surface area contributed by atoms with E-state index >= 15 is 0 Å².